The van der Waals surface area contributed by atoms with Crippen LogP contribution in [0.2, 0.25) is 0 Å². The van der Waals surface area contributed by atoms with Crippen molar-refractivity contribution in [3.63, 3.8) is 0 Å². The molecule has 0 spiro atoms. The smallest absolute Gasteiger partial charge is 0.359 e. The fourth-order valence-electron chi connectivity index (χ4n) is 1.31. The number of pyridine rings is 1. The van der Waals surface area contributed by atoms with Crippen LogP contribution < -0.4 is 5.73 Å². The summed E-state index contributed by atoms with van der Waals surface area (Å²) >= 11 is 3.06. The summed E-state index contributed by atoms with van der Waals surface area (Å²) in [7, 11) is 0. The Morgan fingerprint density at radius 1 is 1.65 bits per heavy atom. The number of hydrogen-bond donors (Lipinski definition) is 1. The van der Waals surface area contributed by atoms with Crippen molar-refractivity contribution in [1.82, 2.24) is 4.98 Å². The molecule has 1 heterocycles. The quantitative estimate of drug-likeness (QED) is 0.686. The second-order valence-corrected chi connectivity index (χ2v) is 3.67. The number of carbonyl (C=O) groups is 1. The maximum Gasteiger partial charge on any atom is 0.359 e. The Hall–Kier alpha value is -1.24. The fourth-order valence-corrected chi connectivity index (χ4v) is 1.76. The van der Waals surface area contributed by atoms with Gasteiger partial charge >= 0.3 is 5.97 Å². The Labute approximate surface area is 105 Å². The second-order valence-electron chi connectivity index (χ2n) is 3.11. The average molecular weight is 309 g/mol. The number of rotatable bonds is 4. The number of aromatic nitrogens is 1. The first kappa shape index (κ1) is 13.8. The number of nitrogens with two attached hydrogens (primary N) is 1. The number of ether oxygens (including phenoxy) is 1. The number of nitrogen functional groups attached to an aromatic ring is 1. The highest BCUT2D eigenvalue weighted by Gasteiger charge is 2.23. The third kappa shape index (κ3) is 2.91. The Balaban J connectivity index is 3.27. The summed E-state index contributed by atoms with van der Waals surface area (Å²) in [6, 6.07) is 0. The SMILES string of the molecule is CCOC(=O)c1ncc(CBr)c(C(F)F)c1N. The summed E-state index contributed by atoms with van der Waals surface area (Å²) in [5.41, 5.74) is 4.81. The van der Waals surface area contributed by atoms with Crippen LogP contribution in [0.1, 0.15) is 35.0 Å². The van der Waals surface area contributed by atoms with Crippen LogP contribution in [0.25, 0.3) is 0 Å². The summed E-state index contributed by atoms with van der Waals surface area (Å²) in [6.45, 7) is 1.74. The molecule has 0 amide bonds. The number of esters is 1. The minimum absolute atomic E-state index is 0.129. The molecule has 1 aromatic heterocycles. The van der Waals surface area contributed by atoms with E-state index < -0.39 is 12.4 Å². The van der Waals surface area contributed by atoms with E-state index in [1.165, 1.54) is 6.20 Å². The highest BCUT2D eigenvalue weighted by molar-refractivity contribution is 9.08. The van der Waals surface area contributed by atoms with Gasteiger partial charge < -0.3 is 10.5 Å². The minimum atomic E-state index is -2.77. The molecule has 94 valence electrons. The highest BCUT2D eigenvalue weighted by atomic mass is 79.9. The van der Waals surface area contributed by atoms with Gasteiger partial charge in [0.05, 0.1) is 12.3 Å². The molecular weight excluding hydrogens is 298 g/mol. The predicted octanol–water partition coefficient (Wildman–Crippen LogP) is 2.67. The first-order chi connectivity index (χ1) is 8.02. The molecule has 0 bridgehead atoms. The Morgan fingerprint density at radius 2 is 2.29 bits per heavy atom. The van der Waals surface area contributed by atoms with Crippen molar-refractivity contribution in [2.24, 2.45) is 0 Å². The molecule has 0 aliphatic heterocycles. The molecule has 4 nitrogen and oxygen atoms in total. The van der Waals surface area contributed by atoms with Crippen molar-refractivity contribution in [2.75, 3.05) is 12.3 Å². The topological polar surface area (TPSA) is 65.2 Å². The van der Waals surface area contributed by atoms with Crippen LogP contribution in [0, 0.1) is 0 Å². The molecule has 1 aromatic rings. The molecule has 7 heteroatoms. The third-order valence-corrected chi connectivity index (χ3v) is 2.68. The highest BCUT2D eigenvalue weighted by Crippen LogP contribution is 2.31. The van der Waals surface area contributed by atoms with E-state index in [0.717, 1.165) is 0 Å². The lowest BCUT2D eigenvalue weighted by Crippen LogP contribution is -2.13. The zero-order valence-corrected chi connectivity index (χ0v) is 10.6. The molecule has 0 radical (unpaired) electrons. The van der Waals surface area contributed by atoms with Crippen molar-refractivity contribution < 1.29 is 18.3 Å². The lowest BCUT2D eigenvalue weighted by atomic mass is 10.1. The number of hydrogen-bond acceptors (Lipinski definition) is 4. The van der Waals surface area contributed by atoms with Gasteiger partial charge in [-0.15, -0.1) is 0 Å². The van der Waals surface area contributed by atoms with E-state index in [0.29, 0.717) is 0 Å². The summed E-state index contributed by atoms with van der Waals surface area (Å²) in [6.07, 6.45) is -1.57. The third-order valence-electron chi connectivity index (χ3n) is 2.07. The molecule has 0 saturated heterocycles. The molecule has 0 aromatic carbocycles. The van der Waals surface area contributed by atoms with Gasteiger partial charge in [0.25, 0.3) is 6.43 Å². The average Bonchev–Trinajstić information content (AvgIpc) is 2.27. The van der Waals surface area contributed by atoms with Crippen molar-refractivity contribution in [2.45, 2.75) is 18.7 Å². The van der Waals surface area contributed by atoms with E-state index in [9.17, 15) is 13.6 Å². The molecule has 0 fully saturated rings. The summed E-state index contributed by atoms with van der Waals surface area (Å²) in [5.74, 6) is -0.798. The van der Waals surface area contributed by atoms with Crippen LogP contribution in [0.5, 0.6) is 0 Å². The molecule has 0 saturated carbocycles. The van der Waals surface area contributed by atoms with E-state index in [4.69, 9.17) is 5.73 Å². The Morgan fingerprint density at radius 3 is 2.76 bits per heavy atom. The molecule has 1 rings (SSSR count). The fraction of sp³-hybridized carbons (Fsp3) is 0.400. The first-order valence-corrected chi connectivity index (χ1v) is 5.93. The molecule has 17 heavy (non-hydrogen) atoms. The van der Waals surface area contributed by atoms with E-state index in [1.807, 2.05) is 0 Å². The van der Waals surface area contributed by atoms with E-state index in [-0.39, 0.29) is 34.4 Å². The van der Waals surface area contributed by atoms with Crippen molar-refractivity contribution in [3.8, 4) is 0 Å². The van der Waals surface area contributed by atoms with Crippen molar-refractivity contribution in [1.29, 1.82) is 0 Å². The van der Waals surface area contributed by atoms with Crippen LogP contribution in [0.15, 0.2) is 6.20 Å². The Bertz CT molecular complexity index is 427. The first-order valence-electron chi connectivity index (χ1n) is 4.81. The number of nitrogens with zero attached hydrogens (tertiary/aromatic N) is 1. The minimum Gasteiger partial charge on any atom is -0.461 e. The van der Waals surface area contributed by atoms with E-state index >= 15 is 0 Å². The van der Waals surface area contributed by atoms with Crippen LogP contribution in [-0.2, 0) is 10.1 Å². The number of carbonyl (C=O) groups excluding carboxylic acids is 1. The number of halogens is 3. The second kappa shape index (κ2) is 5.90. The van der Waals surface area contributed by atoms with Crippen molar-refractivity contribution in [3.05, 3.63) is 23.0 Å². The molecule has 2 N–H and O–H groups in total. The number of anilines is 1. The Kier molecular flexibility index (Phi) is 4.80. The predicted molar refractivity (Wildman–Crippen MR) is 62.2 cm³/mol. The number of alkyl halides is 3. The van der Waals surface area contributed by atoms with Crippen LogP contribution >= 0.6 is 15.9 Å². The maximum atomic E-state index is 12.8. The van der Waals surface area contributed by atoms with E-state index in [2.05, 4.69) is 25.7 Å². The maximum absolute atomic E-state index is 12.8. The normalized spacial score (nSPS) is 10.6. The lowest BCUT2D eigenvalue weighted by Gasteiger charge is -2.12. The van der Waals surface area contributed by atoms with Gasteiger partial charge in [0.1, 0.15) is 0 Å². The molecule has 0 aliphatic carbocycles. The van der Waals surface area contributed by atoms with Gasteiger partial charge in [0, 0.05) is 17.1 Å². The molecule has 0 unspecified atom stereocenters. The lowest BCUT2D eigenvalue weighted by molar-refractivity contribution is 0.0520. The van der Waals surface area contributed by atoms with Crippen molar-refractivity contribution >= 4 is 27.6 Å². The molecule has 0 atom stereocenters. The standard InChI is InChI=1S/C10H11BrF2N2O2/c1-2-17-10(16)8-7(14)6(9(12)13)5(3-11)4-15-8/h4,9H,2-3,14H2,1H3. The van der Waals surface area contributed by atoms with Gasteiger partial charge in [-0.2, -0.15) is 0 Å². The van der Waals surface area contributed by atoms with E-state index in [1.54, 1.807) is 6.92 Å². The van der Waals surface area contributed by atoms with Crippen LogP contribution in [0.3, 0.4) is 0 Å². The summed E-state index contributed by atoms with van der Waals surface area (Å²) in [4.78, 5) is 15.2. The van der Waals surface area contributed by atoms with Gasteiger partial charge in [0.2, 0.25) is 0 Å². The van der Waals surface area contributed by atoms with Gasteiger partial charge in [0.15, 0.2) is 5.69 Å². The van der Waals surface area contributed by atoms with Crippen LogP contribution in [-0.4, -0.2) is 17.6 Å². The zero-order valence-electron chi connectivity index (χ0n) is 9.04. The summed E-state index contributed by atoms with van der Waals surface area (Å²) < 4.78 is 30.3. The molecular formula is C10H11BrF2N2O2. The summed E-state index contributed by atoms with van der Waals surface area (Å²) in [5, 5.41) is 0.187. The van der Waals surface area contributed by atoms with Gasteiger partial charge in [-0.05, 0) is 12.5 Å². The zero-order chi connectivity index (χ0) is 13.0. The largest absolute Gasteiger partial charge is 0.461 e. The van der Waals surface area contributed by atoms with Gasteiger partial charge in [-0.1, -0.05) is 15.9 Å². The molecule has 0 aliphatic rings. The van der Waals surface area contributed by atoms with Gasteiger partial charge in [-0.25, -0.2) is 18.6 Å². The monoisotopic (exact) mass is 308 g/mol. The van der Waals surface area contributed by atoms with Crippen LogP contribution in [0.4, 0.5) is 14.5 Å². The van der Waals surface area contributed by atoms with Gasteiger partial charge in [-0.3, -0.25) is 0 Å².